The van der Waals surface area contributed by atoms with Gasteiger partial charge in [0.05, 0.1) is 12.8 Å². The van der Waals surface area contributed by atoms with Crippen molar-refractivity contribution in [2.45, 2.75) is 29.6 Å². The predicted molar refractivity (Wildman–Crippen MR) is 99.7 cm³/mol. The molecule has 1 heterocycles. The number of amidine groups is 1. The van der Waals surface area contributed by atoms with Gasteiger partial charge in [-0.1, -0.05) is 25.4 Å². The minimum absolute atomic E-state index is 0.138. The quantitative estimate of drug-likeness (QED) is 0.804. The molecule has 0 spiro atoms. The van der Waals surface area contributed by atoms with E-state index >= 15 is 0 Å². The number of hydrogen-bond acceptors (Lipinski definition) is 5. The van der Waals surface area contributed by atoms with Gasteiger partial charge in [-0.05, 0) is 36.4 Å². The molecule has 2 aromatic carbocycles. The summed E-state index contributed by atoms with van der Waals surface area (Å²) in [7, 11) is 1.59. The van der Waals surface area contributed by atoms with Crippen LogP contribution in [-0.2, 0) is 5.60 Å². The first kappa shape index (κ1) is 17.1. The Bertz CT molecular complexity index is 823. The lowest BCUT2D eigenvalue weighted by Gasteiger charge is -2.28. The number of nitrogens with zero attached hydrogens (tertiary/aromatic N) is 1. The second kappa shape index (κ2) is 6.31. The lowest BCUT2D eigenvalue weighted by atomic mass is 9.86. The largest absolute Gasteiger partial charge is 0.497 e. The third-order valence-electron chi connectivity index (χ3n) is 3.90. The zero-order valence-corrected chi connectivity index (χ0v) is 15.3. The summed E-state index contributed by atoms with van der Waals surface area (Å²) in [5.74, 6) is 0.786. The molecule has 0 aromatic heterocycles. The van der Waals surface area contributed by atoms with Crippen molar-refractivity contribution in [3.63, 3.8) is 0 Å². The molecule has 0 radical (unpaired) electrons. The summed E-state index contributed by atoms with van der Waals surface area (Å²) < 4.78 is 5.34. The van der Waals surface area contributed by atoms with Gasteiger partial charge < -0.3 is 15.6 Å². The van der Waals surface area contributed by atoms with Crippen LogP contribution in [-0.4, -0.2) is 23.3 Å². The average Bonchev–Trinajstić information content (AvgIpc) is 2.79. The highest BCUT2D eigenvalue weighted by molar-refractivity contribution is 8.00. The molecule has 4 nitrogen and oxygen atoms in total. The molecule has 0 amide bonds. The van der Waals surface area contributed by atoms with E-state index in [1.165, 1.54) is 0 Å². The zero-order valence-electron chi connectivity index (χ0n) is 13.7. The van der Waals surface area contributed by atoms with Crippen molar-refractivity contribution in [2.75, 3.05) is 7.11 Å². The Kier molecular flexibility index (Phi) is 4.51. The van der Waals surface area contributed by atoms with Crippen LogP contribution in [0, 0.1) is 0 Å². The van der Waals surface area contributed by atoms with E-state index in [2.05, 4.69) is 18.8 Å². The lowest BCUT2D eigenvalue weighted by Crippen LogP contribution is -2.40. The Morgan fingerprint density at radius 1 is 1.21 bits per heavy atom. The maximum atomic E-state index is 11.5. The summed E-state index contributed by atoms with van der Waals surface area (Å²) in [4.78, 5) is 5.26. The molecule has 0 saturated carbocycles. The molecule has 2 aromatic rings. The van der Waals surface area contributed by atoms with E-state index in [0.29, 0.717) is 32.8 Å². The van der Waals surface area contributed by atoms with Gasteiger partial charge in [0.15, 0.2) is 5.60 Å². The smallest absolute Gasteiger partial charge is 0.175 e. The van der Waals surface area contributed by atoms with Gasteiger partial charge in [-0.25, -0.2) is 4.99 Å². The van der Waals surface area contributed by atoms with Gasteiger partial charge >= 0.3 is 0 Å². The van der Waals surface area contributed by atoms with Crippen molar-refractivity contribution in [1.82, 2.24) is 0 Å². The molecule has 1 atom stereocenters. The van der Waals surface area contributed by atoms with Crippen molar-refractivity contribution in [3.8, 4) is 5.75 Å². The van der Waals surface area contributed by atoms with Crippen LogP contribution < -0.4 is 10.5 Å². The normalized spacial score (nSPS) is 19.3. The van der Waals surface area contributed by atoms with Gasteiger partial charge in [-0.15, -0.1) is 11.8 Å². The number of methoxy groups -OCH3 is 1. The average molecular weight is 363 g/mol. The van der Waals surface area contributed by atoms with E-state index in [-0.39, 0.29) is 5.84 Å². The van der Waals surface area contributed by atoms with Crippen LogP contribution >= 0.6 is 23.4 Å². The molecule has 0 saturated heterocycles. The number of aliphatic hydroxyl groups is 1. The molecule has 0 fully saturated rings. The summed E-state index contributed by atoms with van der Waals surface area (Å²) >= 11 is 7.79. The number of aliphatic imine (C=N–C) groups is 1. The Labute approximate surface area is 150 Å². The van der Waals surface area contributed by atoms with Crippen LogP contribution in [0.5, 0.6) is 5.75 Å². The number of ether oxygens (including phenoxy) is 1. The van der Waals surface area contributed by atoms with Gasteiger partial charge in [0.1, 0.15) is 11.6 Å². The van der Waals surface area contributed by atoms with E-state index in [9.17, 15) is 5.11 Å². The highest BCUT2D eigenvalue weighted by Gasteiger charge is 2.44. The van der Waals surface area contributed by atoms with Gasteiger partial charge in [0.2, 0.25) is 0 Å². The van der Waals surface area contributed by atoms with E-state index in [0.717, 1.165) is 4.90 Å². The van der Waals surface area contributed by atoms with Gasteiger partial charge in [0, 0.05) is 26.3 Å². The zero-order chi connectivity index (χ0) is 17.5. The van der Waals surface area contributed by atoms with Gasteiger partial charge in [-0.3, -0.25) is 0 Å². The van der Waals surface area contributed by atoms with Gasteiger partial charge in [-0.2, -0.15) is 0 Å². The highest BCUT2D eigenvalue weighted by Crippen LogP contribution is 2.46. The molecule has 1 aliphatic rings. The number of fused-ring (bicyclic) bond motifs is 1. The van der Waals surface area contributed by atoms with Crippen molar-refractivity contribution in [2.24, 2.45) is 10.7 Å². The van der Waals surface area contributed by atoms with Crippen molar-refractivity contribution >= 4 is 34.9 Å². The molecule has 126 valence electrons. The summed E-state index contributed by atoms with van der Waals surface area (Å²) in [6.45, 7) is 4.19. The molecule has 6 heteroatoms. The van der Waals surface area contributed by atoms with Crippen LogP contribution in [0.3, 0.4) is 0 Å². The van der Waals surface area contributed by atoms with E-state index in [1.807, 2.05) is 18.2 Å². The number of hydrogen-bond donors (Lipinski definition) is 2. The van der Waals surface area contributed by atoms with Crippen LogP contribution in [0.1, 0.15) is 25.0 Å². The van der Waals surface area contributed by atoms with Crippen molar-refractivity contribution < 1.29 is 9.84 Å². The second-order valence-electron chi connectivity index (χ2n) is 5.90. The summed E-state index contributed by atoms with van der Waals surface area (Å²) in [5.41, 5.74) is 6.49. The van der Waals surface area contributed by atoms with Crippen molar-refractivity contribution in [3.05, 3.63) is 52.5 Å². The van der Waals surface area contributed by atoms with E-state index < -0.39 is 5.60 Å². The third-order valence-corrected chi connectivity index (χ3v) is 5.22. The molecule has 0 bridgehead atoms. The van der Waals surface area contributed by atoms with Crippen LogP contribution in [0.15, 0.2) is 46.3 Å². The molecule has 3 rings (SSSR count). The maximum Gasteiger partial charge on any atom is 0.175 e. The maximum absolute atomic E-state index is 11.5. The Hall–Kier alpha value is -1.69. The fourth-order valence-corrected chi connectivity index (χ4v) is 3.96. The minimum atomic E-state index is -1.52. The van der Waals surface area contributed by atoms with Crippen LogP contribution in [0.25, 0.3) is 0 Å². The van der Waals surface area contributed by atoms with E-state index in [1.54, 1.807) is 37.1 Å². The van der Waals surface area contributed by atoms with Crippen LogP contribution in [0.4, 0.5) is 5.69 Å². The topological polar surface area (TPSA) is 67.8 Å². The molecule has 24 heavy (non-hydrogen) atoms. The SMILES string of the molecule is COc1ccc(SC(C)C)c(C2(O)C(N)=Nc3ccc(Cl)cc32)c1. The fourth-order valence-electron chi connectivity index (χ4n) is 2.80. The third kappa shape index (κ3) is 2.77. The molecule has 1 aliphatic heterocycles. The Morgan fingerprint density at radius 2 is 1.96 bits per heavy atom. The standard InChI is InChI=1S/C18H19ClN2O2S/c1-10(2)24-16-7-5-12(23-3)9-14(16)18(22)13-8-11(19)4-6-15(13)21-17(18)20/h4-10,22H,1-3H3,(H2,20,21). The monoisotopic (exact) mass is 362 g/mol. The predicted octanol–water partition coefficient (Wildman–Crippen LogP) is 4.09. The molecular formula is C18H19ClN2O2S. The van der Waals surface area contributed by atoms with E-state index in [4.69, 9.17) is 22.1 Å². The first-order valence-electron chi connectivity index (χ1n) is 7.58. The molecule has 0 aliphatic carbocycles. The van der Waals surface area contributed by atoms with Crippen LogP contribution in [0.2, 0.25) is 5.02 Å². The number of benzene rings is 2. The molecular weight excluding hydrogens is 344 g/mol. The number of thioether (sulfide) groups is 1. The van der Waals surface area contributed by atoms with Crippen molar-refractivity contribution in [1.29, 1.82) is 0 Å². The number of halogens is 1. The summed E-state index contributed by atoms with van der Waals surface area (Å²) in [6.07, 6.45) is 0. The highest BCUT2D eigenvalue weighted by atomic mass is 35.5. The molecule has 3 N–H and O–H groups in total. The number of rotatable bonds is 4. The minimum Gasteiger partial charge on any atom is -0.497 e. The Balaban J connectivity index is 2.24. The van der Waals surface area contributed by atoms with Gasteiger partial charge in [0.25, 0.3) is 0 Å². The lowest BCUT2D eigenvalue weighted by molar-refractivity contribution is 0.155. The first-order chi connectivity index (χ1) is 11.4. The summed E-state index contributed by atoms with van der Waals surface area (Å²) in [5, 5.41) is 12.4. The number of nitrogens with two attached hydrogens (primary N) is 1. The Morgan fingerprint density at radius 3 is 2.62 bits per heavy atom. The first-order valence-corrected chi connectivity index (χ1v) is 8.84. The fraction of sp³-hybridized carbons (Fsp3) is 0.278. The summed E-state index contributed by atoms with van der Waals surface area (Å²) in [6, 6.07) is 10.8. The second-order valence-corrected chi connectivity index (χ2v) is 7.95. The molecule has 1 unspecified atom stereocenters.